The SMILES string of the molecule is CCSc1ncc(CN(Cc2ccccn2)Cc2ccco2)cn1. The molecule has 0 N–H and O–H groups in total. The fraction of sp³-hybridized carbons (Fsp3) is 0.278. The lowest BCUT2D eigenvalue weighted by molar-refractivity contribution is 0.223. The zero-order valence-electron chi connectivity index (χ0n) is 13.6. The van der Waals surface area contributed by atoms with Gasteiger partial charge in [0, 0.05) is 37.2 Å². The minimum absolute atomic E-state index is 0.717. The standard InChI is InChI=1S/C18H20N4OS/c1-2-24-18-20-10-15(11-21-18)12-22(14-17-7-5-9-23-17)13-16-6-3-4-8-19-16/h3-11H,2,12-14H2,1H3. The fourth-order valence-electron chi connectivity index (χ4n) is 2.40. The molecular formula is C18H20N4OS. The van der Waals surface area contributed by atoms with Crippen LogP contribution in [0.25, 0.3) is 0 Å². The number of furan rings is 1. The maximum atomic E-state index is 5.49. The van der Waals surface area contributed by atoms with Crippen molar-refractivity contribution in [3.05, 3.63) is 72.2 Å². The highest BCUT2D eigenvalue weighted by Crippen LogP contribution is 2.15. The Bertz CT molecular complexity index is 717. The van der Waals surface area contributed by atoms with E-state index in [-0.39, 0.29) is 0 Å². The Labute approximate surface area is 146 Å². The van der Waals surface area contributed by atoms with Crippen LogP contribution in [0.15, 0.2) is 64.8 Å². The predicted octanol–water partition coefficient (Wildman–Crippen LogP) is 3.78. The first-order valence-electron chi connectivity index (χ1n) is 7.92. The largest absolute Gasteiger partial charge is 0.468 e. The third-order valence-electron chi connectivity index (χ3n) is 3.43. The van der Waals surface area contributed by atoms with E-state index in [0.717, 1.165) is 47.6 Å². The summed E-state index contributed by atoms with van der Waals surface area (Å²) in [6, 6.07) is 9.87. The first-order valence-corrected chi connectivity index (χ1v) is 8.90. The van der Waals surface area contributed by atoms with Crippen LogP contribution in [0, 0.1) is 0 Å². The Balaban J connectivity index is 1.71. The maximum absolute atomic E-state index is 5.49. The molecule has 3 aromatic rings. The van der Waals surface area contributed by atoms with E-state index in [2.05, 4.69) is 26.8 Å². The Kier molecular flexibility index (Phi) is 5.98. The molecule has 6 heteroatoms. The Morgan fingerprint density at radius 1 is 1.00 bits per heavy atom. The summed E-state index contributed by atoms with van der Waals surface area (Å²) in [5.74, 6) is 1.91. The van der Waals surface area contributed by atoms with Crippen LogP contribution < -0.4 is 0 Å². The van der Waals surface area contributed by atoms with Crippen molar-refractivity contribution in [1.29, 1.82) is 0 Å². The van der Waals surface area contributed by atoms with Gasteiger partial charge in [-0.1, -0.05) is 24.8 Å². The topological polar surface area (TPSA) is 55.1 Å². The first-order chi connectivity index (χ1) is 11.8. The van der Waals surface area contributed by atoms with E-state index >= 15 is 0 Å². The molecular weight excluding hydrogens is 320 g/mol. The molecule has 0 bridgehead atoms. The van der Waals surface area contributed by atoms with Crippen molar-refractivity contribution < 1.29 is 4.42 Å². The summed E-state index contributed by atoms with van der Waals surface area (Å²) >= 11 is 1.65. The zero-order valence-corrected chi connectivity index (χ0v) is 14.4. The third-order valence-corrected chi connectivity index (χ3v) is 4.19. The first kappa shape index (κ1) is 16.7. The summed E-state index contributed by atoms with van der Waals surface area (Å²) in [6.07, 6.45) is 7.32. The quantitative estimate of drug-likeness (QED) is 0.459. The van der Waals surface area contributed by atoms with E-state index in [0.29, 0.717) is 0 Å². The van der Waals surface area contributed by atoms with Gasteiger partial charge in [-0.25, -0.2) is 9.97 Å². The number of hydrogen-bond donors (Lipinski definition) is 0. The van der Waals surface area contributed by atoms with Crippen LogP contribution in [-0.2, 0) is 19.6 Å². The molecule has 0 fully saturated rings. The number of nitrogens with zero attached hydrogens (tertiary/aromatic N) is 4. The fourth-order valence-corrected chi connectivity index (χ4v) is 2.91. The van der Waals surface area contributed by atoms with Crippen molar-refractivity contribution in [2.45, 2.75) is 31.7 Å². The molecule has 3 rings (SSSR count). The molecule has 0 aromatic carbocycles. The average Bonchev–Trinajstić information content (AvgIpc) is 3.11. The Morgan fingerprint density at radius 2 is 1.88 bits per heavy atom. The van der Waals surface area contributed by atoms with Crippen molar-refractivity contribution in [3.8, 4) is 0 Å². The number of aromatic nitrogens is 3. The van der Waals surface area contributed by atoms with Crippen molar-refractivity contribution in [2.75, 3.05) is 5.75 Å². The number of thioether (sulfide) groups is 1. The summed E-state index contributed by atoms with van der Waals surface area (Å²) in [7, 11) is 0. The second kappa shape index (κ2) is 8.61. The molecule has 0 spiro atoms. The second-order valence-corrected chi connectivity index (χ2v) is 6.58. The summed E-state index contributed by atoms with van der Waals surface area (Å²) in [5, 5.41) is 0.823. The van der Waals surface area contributed by atoms with Gasteiger partial charge in [0.15, 0.2) is 5.16 Å². The van der Waals surface area contributed by atoms with E-state index < -0.39 is 0 Å². The summed E-state index contributed by atoms with van der Waals surface area (Å²) < 4.78 is 5.49. The molecule has 0 amide bonds. The molecule has 0 saturated carbocycles. The smallest absolute Gasteiger partial charge is 0.187 e. The summed E-state index contributed by atoms with van der Waals surface area (Å²) in [4.78, 5) is 15.5. The van der Waals surface area contributed by atoms with Crippen LogP contribution >= 0.6 is 11.8 Å². The van der Waals surface area contributed by atoms with Crippen molar-refractivity contribution in [2.24, 2.45) is 0 Å². The summed E-state index contributed by atoms with van der Waals surface area (Å²) in [5.41, 5.74) is 2.11. The molecule has 0 unspecified atom stereocenters. The van der Waals surface area contributed by atoms with Gasteiger partial charge in [0.2, 0.25) is 0 Å². The second-order valence-electron chi connectivity index (χ2n) is 5.35. The number of rotatable bonds is 8. The highest BCUT2D eigenvalue weighted by molar-refractivity contribution is 7.99. The predicted molar refractivity (Wildman–Crippen MR) is 94.3 cm³/mol. The van der Waals surface area contributed by atoms with Crippen LogP contribution in [0.1, 0.15) is 23.9 Å². The van der Waals surface area contributed by atoms with Gasteiger partial charge < -0.3 is 4.42 Å². The molecule has 5 nitrogen and oxygen atoms in total. The van der Waals surface area contributed by atoms with Gasteiger partial charge in [-0.3, -0.25) is 9.88 Å². The van der Waals surface area contributed by atoms with Crippen LogP contribution in [0.2, 0.25) is 0 Å². The Hall–Kier alpha value is -2.18. The molecule has 0 atom stereocenters. The van der Waals surface area contributed by atoms with Gasteiger partial charge in [-0.05, 0) is 30.0 Å². The zero-order chi connectivity index (χ0) is 16.6. The lowest BCUT2D eigenvalue weighted by Gasteiger charge is -2.20. The van der Waals surface area contributed by atoms with E-state index in [4.69, 9.17) is 4.42 Å². The molecule has 124 valence electrons. The van der Waals surface area contributed by atoms with Crippen LogP contribution in [0.3, 0.4) is 0 Å². The molecule has 3 aromatic heterocycles. The maximum Gasteiger partial charge on any atom is 0.187 e. The third kappa shape index (κ3) is 4.91. The van der Waals surface area contributed by atoms with Crippen molar-refractivity contribution in [3.63, 3.8) is 0 Å². The number of pyridine rings is 1. The average molecular weight is 340 g/mol. The number of hydrogen-bond acceptors (Lipinski definition) is 6. The lowest BCUT2D eigenvalue weighted by atomic mass is 10.2. The van der Waals surface area contributed by atoms with E-state index in [1.807, 2.05) is 48.9 Å². The van der Waals surface area contributed by atoms with Crippen LogP contribution in [-0.4, -0.2) is 25.6 Å². The molecule has 0 aliphatic rings. The van der Waals surface area contributed by atoms with Crippen LogP contribution in [0.4, 0.5) is 0 Å². The van der Waals surface area contributed by atoms with Gasteiger partial charge in [0.05, 0.1) is 18.5 Å². The van der Waals surface area contributed by atoms with Gasteiger partial charge in [0.1, 0.15) is 5.76 Å². The lowest BCUT2D eigenvalue weighted by Crippen LogP contribution is -2.23. The van der Waals surface area contributed by atoms with Gasteiger partial charge in [0.25, 0.3) is 0 Å². The molecule has 0 aliphatic heterocycles. The highest BCUT2D eigenvalue weighted by Gasteiger charge is 2.11. The molecule has 0 radical (unpaired) electrons. The molecule has 0 saturated heterocycles. The van der Waals surface area contributed by atoms with E-state index in [9.17, 15) is 0 Å². The molecule has 24 heavy (non-hydrogen) atoms. The minimum atomic E-state index is 0.717. The van der Waals surface area contributed by atoms with E-state index in [1.165, 1.54) is 0 Å². The van der Waals surface area contributed by atoms with Crippen molar-refractivity contribution >= 4 is 11.8 Å². The molecule has 3 heterocycles. The normalized spacial score (nSPS) is 11.1. The van der Waals surface area contributed by atoms with Gasteiger partial charge in [-0.2, -0.15) is 0 Å². The van der Waals surface area contributed by atoms with Crippen LogP contribution in [0.5, 0.6) is 0 Å². The monoisotopic (exact) mass is 340 g/mol. The van der Waals surface area contributed by atoms with E-state index in [1.54, 1.807) is 18.0 Å². The van der Waals surface area contributed by atoms with Gasteiger partial charge in [-0.15, -0.1) is 0 Å². The van der Waals surface area contributed by atoms with Crippen molar-refractivity contribution in [1.82, 2.24) is 19.9 Å². The van der Waals surface area contributed by atoms with Gasteiger partial charge >= 0.3 is 0 Å². The molecule has 0 aliphatic carbocycles. The Morgan fingerprint density at radius 3 is 2.54 bits per heavy atom. The summed E-state index contributed by atoms with van der Waals surface area (Å²) in [6.45, 7) is 4.30. The highest BCUT2D eigenvalue weighted by atomic mass is 32.2. The minimum Gasteiger partial charge on any atom is -0.468 e.